The predicted octanol–water partition coefficient (Wildman–Crippen LogP) is 2.96. The van der Waals surface area contributed by atoms with Crippen molar-refractivity contribution in [3.05, 3.63) is 53.3 Å². The van der Waals surface area contributed by atoms with Crippen LogP contribution < -0.4 is 4.90 Å². The second-order valence-electron chi connectivity index (χ2n) is 6.61. The molecule has 0 aliphatic carbocycles. The largest absolute Gasteiger partial charge is 0.370 e. The molecule has 1 aliphatic heterocycles. The number of fused-ring (bicyclic) bond motifs is 1. The Morgan fingerprint density at radius 3 is 2.80 bits per heavy atom. The van der Waals surface area contributed by atoms with Gasteiger partial charge >= 0.3 is 0 Å². The first-order valence-electron chi connectivity index (χ1n) is 8.82. The monoisotopic (exact) mass is 337 g/mol. The molecule has 6 heteroatoms. The lowest BCUT2D eigenvalue weighted by Crippen LogP contribution is -2.45. The molecule has 0 amide bonds. The Labute approximate surface area is 147 Å². The summed E-state index contributed by atoms with van der Waals surface area (Å²) in [5.74, 6) is 1.82. The first-order chi connectivity index (χ1) is 12.2. The molecule has 0 bridgehead atoms. The van der Waals surface area contributed by atoms with Crippen molar-refractivity contribution in [2.24, 2.45) is 0 Å². The second kappa shape index (κ2) is 6.44. The van der Waals surface area contributed by atoms with Crippen molar-refractivity contribution < 1.29 is 4.74 Å². The maximum atomic E-state index is 6.13. The van der Waals surface area contributed by atoms with Crippen LogP contribution in [-0.4, -0.2) is 39.0 Å². The smallest absolute Gasteiger partial charge is 0.178 e. The zero-order valence-electron chi connectivity index (χ0n) is 14.9. The molecule has 1 aliphatic rings. The Morgan fingerprint density at radius 1 is 1.16 bits per heavy atom. The molecule has 0 radical (unpaired) electrons. The summed E-state index contributed by atoms with van der Waals surface area (Å²) in [6, 6.07) is 12.7. The Kier molecular flexibility index (Phi) is 4.13. The molecule has 3 aromatic rings. The highest BCUT2D eigenvalue weighted by molar-refractivity contribution is 5.47. The maximum absolute atomic E-state index is 6.13. The first kappa shape index (κ1) is 16.0. The lowest BCUT2D eigenvalue weighted by molar-refractivity contribution is 0.0208. The van der Waals surface area contributed by atoms with Gasteiger partial charge in [0.25, 0.3) is 0 Å². The van der Waals surface area contributed by atoms with E-state index in [0.717, 1.165) is 30.3 Å². The van der Waals surface area contributed by atoms with E-state index in [-0.39, 0.29) is 12.1 Å². The molecule has 1 fully saturated rings. The van der Waals surface area contributed by atoms with E-state index >= 15 is 0 Å². The average molecular weight is 337 g/mol. The van der Waals surface area contributed by atoms with Crippen molar-refractivity contribution in [2.45, 2.75) is 39.3 Å². The van der Waals surface area contributed by atoms with Crippen LogP contribution >= 0.6 is 0 Å². The van der Waals surface area contributed by atoms with Gasteiger partial charge in [0.1, 0.15) is 11.9 Å². The topological polar surface area (TPSA) is 55.5 Å². The third-order valence-electron chi connectivity index (χ3n) is 4.89. The molecular weight excluding hydrogens is 314 g/mol. The van der Waals surface area contributed by atoms with Crippen LogP contribution in [0.15, 0.2) is 36.4 Å². The van der Waals surface area contributed by atoms with Crippen molar-refractivity contribution in [3.8, 4) is 0 Å². The summed E-state index contributed by atoms with van der Waals surface area (Å²) in [5.41, 5.74) is 3.30. The van der Waals surface area contributed by atoms with Gasteiger partial charge in [0.05, 0.1) is 19.2 Å². The summed E-state index contributed by atoms with van der Waals surface area (Å²) in [6.45, 7) is 7.84. The summed E-state index contributed by atoms with van der Waals surface area (Å²) in [6.07, 6.45) is 0.865. The van der Waals surface area contributed by atoms with E-state index < -0.39 is 0 Å². The number of aryl methyl sites for hydroxylation is 2. The normalized spacial score (nSPS) is 21.0. The minimum Gasteiger partial charge on any atom is -0.370 e. The van der Waals surface area contributed by atoms with Crippen LogP contribution in [0, 0.1) is 6.92 Å². The van der Waals surface area contributed by atoms with Crippen molar-refractivity contribution in [3.63, 3.8) is 0 Å². The molecule has 0 unspecified atom stereocenters. The molecular formula is C19H23N5O. The quantitative estimate of drug-likeness (QED) is 0.735. The predicted molar refractivity (Wildman–Crippen MR) is 96.8 cm³/mol. The van der Waals surface area contributed by atoms with E-state index in [4.69, 9.17) is 9.84 Å². The second-order valence-corrected chi connectivity index (χ2v) is 6.61. The fourth-order valence-corrected chi connectivity index (χ4v) is 3.41. The third-order valence-corrected chi connectivity index (χ3v) is 4.89. The number of anilines is 1. The standard InChI is InChI=1S/C19H23N5O/c1-4-17-20-21-18-9-10-19(22-24(17)18)23-11-16(25-12-14(23)3)15-8-6-5-7-13(15)2/h5-10,14,16H,4,11-12H2,1-3H3/t14-,16-/m0/s1. The molecule has 25 heavy (non-hydrogen) atoms. The van der Waals surface area contributed by atoms with Crippen molar-refractivity contribution in [1.82, 2.24) is 19.8 Å². The zero-order valence-corrected chi connectivity index (χ0v) is 14.9. The Hall–Kier alpha value is -2.47. The van der Waals surface area contributed by atoms with E-state index in [1.165, 1.54) is 11.1 Å². The number of morpholine rings is 1. The van der Waals surface area contributed by atoms with Gasteiger partial charge in [-0.2, -0.15) is 4.52 Å². The van der Waals surface area contributed by atoms with E-state index in [1.54, 1.807) is 0 Å². The van der Waals surface area contributed by atoms with Gasteiger partial charge in [-0.15, -0.1) is 15.3 Å². The number of aromatic nitrogens is 4. The van der Waals surface area contributed by atoms with Crippen LogP contribution in [0.2, 0.25) is 0 Å². The number of benzene rings is 1. The van der Waals surface area contributed by atoms with E-state index in [1.807, 2.05) is 16.6 Å². The van der Waals surface area contributed by atoms with Crippen LogP contribution in [0.4, 0.5) is 5.82 Å². The van der Waals surface area contributed by atoms with Crippen LogP contribution in [-0.2, 0) is 11.2 Å². The molecule has 0 N–H and O–H groups in total. The number of hydrogen-bond donors (Lipinski definition) is 0. The zero-order chi connectivity index (χ0) is 17.4. The molecule has 3 heterocycles. The number of rotatable bonds is 3. The molecule has 2 aromatic heterocycles. The van der Waals surface area contributed by atoms with Gasteiger partial charge in [-0.25, -0.2) is 0 Å². The SMILES string of the molecule is CCc1nnc2ccc(N3C[C@@H](c4ccccc4C)OC[C@@H]3C)nn12. The molecule has 130 valence electrons. The Morgan fingerprint density at radius 2 is 2.00 bits per heavy atom. The van der Waals surface area contributed by atoms with E-state index in [2.05, 4.69) is 60.1 Å². The molecule has 2 atom stereocenters. The fraction of sp³-hybridized carbons (Fsp3) is 0.421. The average Bonchev–Trinajstić information content (AvgIpc) is 3.05. The molecule has 1 aromatic carbocycles. The van der Waals surface area contributed by atoms with Gasteiger partial charge < -0.3 is 9.64 Å². The first-order valence-corrected chi connectivity index (χ1v) is 8.82. The highest BCUT2D eigenvalue weighted by Crippen LogP contribution is 2.29. The third kappa shape index (κ3) is 2.87. The summed E-state index contributed by atoms with van der Waals surface area (Å²) in [5, 5.41) is 13.2. The summed E-state index contributed by atoms with van der Waals surface area (Å²) >= 11 is 0. The number of nitrogens with zero attached hydrogens (tertiary/aromatic N) is 5. The van der Waals surface area contributed by atoms with Crippen molar-refractivity contribution in [1.29, 1.82) is 0 Å². The molecule has 6 nitrogen and oxygen atoms in total. The summed E-state index contributed by atoms with van der Waals surface area (Å²) < 4.78 is 7.97. The summed E-state index contributed by atoms with van der Waals surface area (Å²) in [4.78, 5) is 2.32. The Bertz CT molecular complexity index is 890. The molecule has 0 saturated carbocycles. The van der Waals surface area contributed by atoms with Gasteiger partial charge in [0, 0.05) is 6.42 Å². The van der Waals surface area contributed by atoms with Crippen LogP contribution in [0.3, 0.4) is 0 Å². The van der Waals surface area contributed by atoms with Gasteiger partial charge in [-0.05, 0) is 37.1 Å². The van der Waals surface area contributed by atoms with Crippen molar-refractivity contribution >= 4 is 11.5 Å². The van der Waals surface area contributed by atoms with Crippen LogP contribution in [0.25, 0.3) is 5.65 Å². The van der Waals surface area contributed by atoms with Gasteiger partial charge in [-0.3, -0.25) is 0 Å². The van der Waals surface area contributed by atoms with Gasteiger partial charge in [-0.1, -0.05) is 31.2 Å². The fourth-order valence-electron chi connectivity index (χ4n) is 3.41. The van der Waals surface area contributed by atoms with E-state index in [0.29, 0.717) is 6.61 Å². The number of ether oxygens (including phenoxy) is 1. The minimum atomic E-state index is 0.0569. The molecule has 0 spiro atoms. The minimum absolute atomic E-state index is 0.0569. The maximum Gasteiger partial charge on any atom is 0.178 e. The van der Waals surface area contributed by atoms with Crippen LogP contribution in [0.5, 0.6) is 0 Å². The lowest BCUT2D eigenvalue weighted by atomic mass is 10.0. The Balaban J connectivity index is 1.67. The highest BCUT2D eigenvalue weighted by Gasteiger charge is 2.29. The lowest BCUT2D eigenvalue weighted by Gasteiger charge is -2.39. The summed E-state index contributed by atoms with van der Waals surface area (Å²) in [7, 11) is 0. The molecule has 4 rings (SSSR count). The van der Waals surface area contributed by atoms with E-state index in [9.17, 15) is 0 Å². The van der Waals surface area contributed by atoms with Crippen LogP contribution in [0.1, 0.15) is 36.9 Å². The molecule has 1 saturated heterocycles. The highest BCUT2D eigenvalue weighted by atomic mass is 16.5. The van der Waals surface area contributed by atoms with Gasteiger partial charge in [0.2, 0.25) is 0 Å². The van der Waals surface area contributed by atoms with Gasteiger partial charge in [0.15, 0.2) is 11.5 Å². The number of hydrogen-bond acceptors (Lipinski definition) is 5. The van der Waals surface area contributed by atoms with Crippen molar-refractivity contribution in [2.75, 3.05) is 18.1 Å².